The lowest BCUT2D eigenvalue weighted by Gasteiger charge is -2.14. The van der Waals surface area contributed by atoms with Gasteiger partial charge in [-0.3, -0.25) is 0 Å². The zero-order valence-electron chi connectivity index (χ0n) is 9.53. The van der Waals surface area contributed by atoms with Gasteiger partial charge in [-0.25, -0.2) is 4.79 Å². The third-order valence-corrected chi connectivity index (χ3v) is 2.11. The predicted molar refractivity (Wildman–Crippen MR) is 60.7 cm³/mol. The van der Waals surface area contributed by atoms with Gasteiger partial charge in [0.2, 0.25) is 0 Å². The molecule has 1 aromatic carbocycles. The van der Waals surface area contributed by atoms with Crippen LogP contribution in [0.3, 0.4) is 0 Å². The molecule has 0 amide bonds. The molecule has 88 valence electrons. The number of hydrogen-bond acceptors (Lipinski definition) is 4. The average molecular weight is 225 g/mol. The van der Waals surface area contributed by atoms with E-state index in [1.54, 1.807) is 0 Å². The minimum Gasteiger partial charge on any atom is -0.494 e. The highest BCUT2D eigenvalue weighted by molar-refractivity contribution is 5.90. The molecule has 1 rings (SSSR count). The lowest BCUT2D eigenvalue weighted by atomic mass is 10.1. The molecule has 1 aromatic rings. The van der Waals surface area contributed by atoms with E-state index in [0.717, 1.165) is 0 Å². The van der Waals surface area contributed by atoms with E-state index in [-0.39, 0.29) is 5.56 Å². The standard InChI is InChI=1S/C11H15NO4/c1-4-12-10-8(15-2)5-7(11(13)14)6-9(10)16-3/h5-6,12H,4H2,1-3H3,(H,13,14). The Hall–Kier alpha value is -1.91. The van der Waals surface area contributed by atoms with Crippen LogP contribution >= 0.6 is 0 Å². The Kier molecular flexibility index (Phi) is 3.99. The number of carboxylic acids is 1. The fourth-order valence-electron chi connectivity index (χ4n) is 1.39. The van der Waals surface area contributed by atoms with Crippen LogP contribution in [0.1, 0.15) is 17.3 Å². The first-order valence-corrected chi connectivity index (χ1v) is 4.87. The highest BCUT2D eigenvalue weighted by Crippen LogP contribution is 2.35. The minimum atomic E-state index is -1.01. The number of aromatic carboxylic acids is 1. The summed E-state index contributed by atoms with van der Waals surface area (Å²) in [6.07, 6.45) is 0. The topological polar surface area (TPSA) is 67.8 Å². The fourth-order valence-corrected chi connectivity index (χ4v) is 1.39. The van der Waals surface area contributed by atoms with E-state index >= 15 is 0 Å². The van der Waals surface area contributed by atoms with Crippen molar-refractivity contribution in [2.75, 3.05) is 26.1 Å². The summed E-state index contributed by atoms with van der Waals surface area (Å²) in [5, 5.41) is 12.0. The second-order valence-corrected chi connectivity index (χ2v) is 3.09. The van der Waals surface area contributed by atoms with Gasteiger partial charge in [0.25, 0.3) is 0 Å². The molecular formula is C11H15NO4. The van der Waals surface area contributed by atoms with Gasteiger partial charge in [0.05, 0.1) is 19.8 Å². The van der Waals surface area contributed by atoms with E-state index in [0.29, 0.717) is 23.7 Å². The van der Waals surface area contributed by atoms with Gasteiger partial charge < -0.3 is 19.9 Å². The van der Waals surface area contributed by atoms with Crippen molar-refractivity contribution in [1.82, 2.24) is 0 Å². The molecule has 16 heavy (non-hydrogen) atoms. The van der Waals surface area contributed by atoms with Gasteiger partial charge >= 0.3 is 5.97 Å². The fraction of sp³-hybridized carbons (Fsp3) is 0.364. The molecule has 0 radical (unpaired) electrons. The van der Waals surface area contributed by atoms with E-state index in [1.165, 1.54) is 26.4 Å². The number of carboxylic acid groups (broad SMARTS) is 1. The maximum Gasteiger partial charge on any atom is 0.335 e. The zero-order valence-corrected chi connectivity index (χ0v) is 9.53. The van der Waals surface area contributed by atoms with Gasteiger partial charge in [0.1, 0.15) is 17.2 Å². The largest absolute Gasteiger partial charge is 0.494 e. The molecule has 0 fully saturated rings. The molecule has 0 saturated heterocycles. The normalized spacial score (nSPS) is 9.69. The molecule has 0 heterocycles. The van der Waals surface area contributed by atoms with Gasteiger partial charge in [-0.15, -0.1) is 0 Å². The van der Waals surface area contributed by atoms with Crippen molar-refractivity contribution in [1.29, 1.82) is 0 Å². The molecular weight excluding hydrogens is 210 g/mol. The molecule has 0 bridgehead atoms. The van der Waals surface area contributed by atoms with Crippen molar-refractivity contribution in [3.05, 3.63) is 17.7 Å². The summed E-state index contributed by atoms with van der Waals surface area (Å²) in [6.45, 7) is 2.63. The summed E-state index contributed by atoms with van der Waals surface area (Å²) in [5.41, 5.74) is 0.799. The van der Waals surface area contributed by atoms with Crippen LogP contribution in [0.15, 0.2) is 12.1 Å². The van der Waals surface area contributed by atoms with E-state index in [4.69, 9.17) is 14.6 Å². The molecule has 0 aliphatic heterocycles. The first kappa shape index (κ1) is 12.2. The molecule has 0 aliphatic carbocycles. The summed E-state index contributed by atoms with van der Waals surface area (Å²) in [6, 6.07) is 2.92. The van der Waals surface area contributed by atoms with Crippen LogP contribution in [0.25, 0.3) is 0 Å². The Morgan fingerprint density at radius 2 is 1.81 bits per heavy atom. The number of methoxy groups -OCH3 is 2. The van der Waals surface area contributed by atoms with Crippen molar-refractivity contribution in [2.24, 2.45) is 0 Å². The average Bonchev–Trinajstić information content (AvgIpc) is 2.29. The Morgan fingerprint density at radius 1 is 1.31 bits per heavy atom. The molecule has 0 aromatic heterocycles. The molecule has 2 N–H and O–H groups in total. The van der Waals surface area contributed by atoms with E-state index < -0.39 is 5.97 Å². The molecule has 5 heteroatoms. The number of hydrogen-bond donors (Lipinski definition) is 2. The molecule has 0 spiro atoms. The maximum atomic E-state index is 10.9. The minimum absolute atomic E-state index is 0.135. The smallest absolute Gasteiger partial charge is 0.335 e. The second kappa shape index (κ2) is 5.25. The highest BCUT2D eigenvalue weighted by Gasteiger charge is 2.14. The molecule has 0 unspecified atom stereocenters. The van der Waals surface area contributed by atoms with Crippen LogP contribution in [0.2, 0.25) is 0 Å². The quantitative estimate of drug-likeness (QED) is 0.800. The lowest BCUT2D eigenvalue weighted by molar-refractivity contribution is 0.0696. The molecule has 5 nitrogen and oxygen atoms in total. The van der Waals surface area contributed by atoms with Crippen molar-refractivity contribution in [2.45, 2.75) is 6.92 Å². The van der Waals surface area contributed by atoms with Crippen molar-refractivity contribution in [3.63, 3.8) is 0 Å². The SMILES string of the molecule is CCNc1c(OC)cc(C(=O)O)cc1OC. The van der Waals surface area contributed by atoms with Crippen molar-refractivity contribution < 1.29 is 19.4 Å². The Balaban J connectivity index is 3.30. The summed E-state index contributed by atoms with van der Waals surface area (Å²) in [4.78, 5) is 10.9. The molecule has 0 aliphatic rings. The Morgan fingerprint density at radius 3 is 2.12 bits per heavy atom. The van der Waals surface area contributed by atoms with Crippen LogP contribution in [0.5, 0.6) is 11.5 Å². The maximum absolute atomic E-state index is 10.9. The number of ether oxygens (including phenoxy) is 2. The third kappa shape index (κ3) is 2.36. The zero-order chi connectivity index (χ0) is 12.1. The van der Waals surface area contributed by atoms with Crippen LogP contribution in [-0.2, 0) is 0 Å². The van der Waals surface area contributed by atoms with Gasteiger partial charge in [-0.1, -0.05) is 0 Å². The van der Waals surface area contributed by atoms with E-state index in [2.05, 4.69) is 5.32 Å². The Labute approximate surface area is 94.0 Å². The molecule has 0 saturated carbocycles. The van der Waals surface area contributed by atoms with E-state index in [1.807, 2.05) is 6.92 Å². The van der Waals surface area contributed by atoms with Crippen LogP contribution < -0.4 is 14.8 Å². The highest BCUT2D eigenvalue weighted by atomic mass is 16.5. The number of benzene rings is 1. The summed E-state index contributed by atoms with van der Waals surface area (Å²) < 4.78 is 10.3. The number of rotatable bonds is 5. The Bertz CT molecular complexity index is 365. The van der Waals surface area contributed by atoms with E-state index in [9.17, 15) is 4.79 Å². The first-order chi connectivity index (χ1) is 7.63. The first-order valence-electron chi connectivity index (χ1n) is 4.87. The monoisotopic (exact) mass is 225 g/mol. The number of nitrogens with one attached hydrogen (secondary N) is 1. The lowest BCUT2D eigenvalue weighted by Crippen LogP contribution is -2.05. The predicted octanol–water partition coefficient (Wildman–Crippen LogP) is 1.83. The van der Waals surface area contributed by atoms with Gasteiger partial charge in [0.15, 0.2) is 0 Å². The summed E-state index contributed by atoms with van der Waals surface area (Å²) in [5.74, 6) is -0.100. The van der Waals surface area contributed by atoms with Crippen LogP contribution in [-0.4, -0.2) is 31.8 Å². The van der Waals surface area contributed by atoms with Crippen molar-refractivity contribution >= 4 is 11.7 Å². The van der Waals surface area contributed by atoms with Crippen LogP contribution in [0.4, 0.5) is 5.69 Å². The molecule has 0 atom stereocenters. The second-order valence-electron chi connectivity index (χ2n) is 3.09. The third-order valence-electron chi connectivity index (χ3n) is 2.11. The summed E-state index contributed by atoms with van der Waals surface area (Å²) in [7, 11) is 2.97. The van der Waals surface area contributed by atoms with Gasteiger partial charge in [-0.05, 0) is 19.1 Å². The number of anilines is 1. The van der Waals surface area contributed by atoms with Crippen LogP contribution in [0, 0.1) is 0 Å². The van der Waals surface area contributed by atoms with Gasteiger partial charge in [-0.2, -0.15) is 0 Å². The summed E-state index contributed by atoms with van der Waals surface area (Å²) >= 11 is 0. The van der Waals surface area contributed by atoms with Crippen molar-refractivity contribution in [3.8, 4) is 11.5 Å². The van der Waals surface area contributed by atoms with Gasteiger partial charge in [0, 0.05) is 6.54 Å². The number of carbonyl (C=O) groups is 1.